The maximum atomic E-state index is 12.1. The van der Waals surface area contributed by atoms with E-state index in [0.717, 1.165) is 31.2 Å². The van der Waals surface area contributed by atoms with E-state index in [1.165, 1.54) is 11.1 Å². The van der Waals surface area contributed by atoms with Gasteiger partial charge in [-0.2, -0.15) is 0 Å². The van der Waals surface area contributed by atoms with Crippen LogP contribution in [0, 0.1) is 23.7 Å². The summed E-state index contributed by atoms with van der Waals surface area (Å²) in [5, 5.41) is 9.96. The maximum absolute atomic E-state index is 12.1. The van der Waals surface area contributed by atoms with E-state index in [1.54, 1.807) is 0 Å². The van der Waals surface area contributed by atoms with Crippen molar-refractivity contribution in [2.24, 2.45) is 23.7 Å². The first-order valence-electron chi connectivity index (χ1n) is 10.7. The van der Waals surface area contributed by atoms with E-state index >= 15 is 0 Å². The highest BCUT2D eigenvalue weighted by Crippen LogP contribution is 2.29. The van der Waals surface area contributed by atoms with Crippen LogP contribution in [0.1, 0.15) is 57.2 Å². The van der Waals surface area contributed by atoms with Crippen molar-refractivity contribution in [3.63, 3.8) is 0 Å². The number of carboxylic acids is 1. The molecule has 0 radical (unpaired) electrons. The molecule has 0 aliphatic rings. The molecule has 0 saturated heterocycles. The zero-order valence-corrected chi connectivity index (χ0v) is 17.9. The third-order valence-corrected chi connectivity index (χ3v) is 5.40. The molecule has 2 atom stereocenters. The Morgan fingerprint density at radius 1 is 0.821 bits per heavy atom. The van der Waals surface area contributed by atoms with Crippen molar-refractivity contribution >= 4 is 5.97 Å². The Balaban J connectivity index is 2.12. The van der Waals surface area contributed by atoms with E-state index in [1.807, 2.05) is 30.3 Å². The van der Waals surface area contributed by atoms with Gasteiger partial charge < -0.3 is 5.11 Å². The van der Waals surface area contributed by atoms with Crippen LogP contribution >= 0.6 is 0 Å². The number of benzene rings is 2. The molecule has 0 heterocycles. The second kappa shape index (κ2) is 11.0. The maximum Gasteiger partial charge on any atom is 0.307 e. The van der Waals surface area contributed by atoms with Gasteiger partial charge in [-0.1, -0.05) is 82.3 Å². The lowest BCUT2D eigenvalue weighted by molar-refractivity contribution is -0.144. The highest BCUT2D eigenvalue weighted by atomic mass is 16.4. The molecule has 28 heavy (non-hydrogen) atoms. The number of rotatable bonds is 11. The first-order valence-corrected chi connectivity index (χ1v) is 10.7. The van der Waals surface area contributed by atoms with E-state index in [4.69, 9.17) is 0 Å². The van der Waals surface area contributed by atoms with E-state index in [0.29, 0.717) is 18.3 Å². The zero-order valence-electron chi connectivity index (χ0n) is 17.9. The number of aliphatic carboxylic acids is 1. The second-order valence-electron chi connectivity index (χ2n) is 8.98. The fourth-order valence-corrected chi connectivity index (χ4v) is 4.15. The van der Waals surface area contributed by atoms with Crippen molar-refractivity contribution in [3.8, 4) is 0 Å². The smallest absolute Gasteiger partial charge is 0.307 e. The molecule has 0 fully saturated rings. The molecule has 0 bridgehead atoms. The van der Waals surface area contributed by atoms with Gasteiger partial charge in [0, 0.05) is 0 Å². The molecule has 0 spiro atoms. The Morgan fingerprint density at radius 2 is 1.46 bits per heavy atom. The summed E-state index contributed by atoms with van der Waals surface area (Å²) in [6.45, 7) is 8.87. The monoisotopic (exact) mass is 380 g/mol. The Bertz CT molecular complexity index is 718. The lowest BCUT2D eigenvalue weighted by Crippen LogP contribution is -2.27. The summed E-state index contributed by atoms with van der Waals surface area (Å²) in [6, 6.07) is 18.9. The molecule has 0 aliphatic heterocycles. The molecule has 1 N–H and O–H groups in total. The molecule has 2 heteroatoms. The van der Waals surface area contributed by atoms with Crippen LogP contribution in [0.15, 0.2) is 54.6 Å². The van der Waals surface area contributed by atoms with Gasteiger partial charge in [-0.3, -0.25) is 4.79 Å². The van der Waals surface area contributed by atoms with Gasteiger partial charge >= 0.3 is 5.97 Å². The third kappa shape index (κ3) is 7.50. The number of hydrogen-bond donors (Lipinski definition) is 1. The van der Waals surface area contributed by atoms with Crippen LogP contribution in [-0.2, 0) is 24.1 Å². The fraction of sp³-hybridized carbons (Fsp3) is 0.500. The fourth-order valence-electron chi connectivity index (χ4n) is 4.15. The van der Waals surface area contributed by atoms with Gasteiger partial charge in [-0.15, -0.1) is 0 Å². The zero-order chi connectivity index (χ0) is 20.5. The molecule has 152 valence electrons. The van der Waals surface area contributed by atoms with Crippen molar-refractivity contribution in [2.45, 2.75) is 59.8 Å². The van der Waals surface area contributed by atoms with Crippen LogP contribution in [0.4, 0.5) is 0 Å². The summed E-state index contributed by atoms with van der Waals surface area (Å²) >= 11 is 0. The van der Waals surface area contributed by atoms with E-state index in [-0.39, 0.29) is 11.8 Å². The lowest BCUT2D eigenvalue weighted by Gasteiger charge is -2.26. The second-order valence-corrected chi connectivity index (χ2v) is 8.98. The van der Waals surface area contributed by atoms with Gasteiger partial charge in [-0.05, 0) is 66.5 Å². The molecular formula is C26H36O2. The molecule has 2 rings (SSSR count). The van der Waals surface area contributed by atoms with Gasteiger partial charge in [0.15, 0.2) is 0 Å². The molecule has 0 saturated carbocycles. The van der Waals surface area contributed by atoms with Crippen molar-refractivity contribution < 1.29 is 9.90 Å². The molecule has 0 aromatic heterocycles. The molecule has 0 aliphatic carbocycles. The molecule has 2 aromatic rings. The van der Waals surface area contributed by atoms with Crippen molar-refractivity contribution in [2.75, 3.05) is 0 Å². The summed E-state index contributed by atoms with van der Waals surface area (Å²) in [4.78, 5) is 12.1. The van der Waals surface area contributed by atoms with Gasteiger partial charge in [0.1, 0.15) is 0 Å². The quantitative estimate of drug-likeness (QED) is 0.488. The van der Waals surface area contributed by atoms with Crippen LogP contribution in [-0.4, -0.2) is 11.1 Å². The summed E-state index contributed by atoms with van der Waals surface area (Å²) in [7, 11) is 0. The van der Waals surface area contributed by atoms with Crippen LogP contribution in [0.5, 0.6) is 0 Å². The Morgan fingerprint density at radius 3 is 2.07 bits per heavy atom. The summed E-state index contributed by atoms with van der Waals surface area (Å²) in [5.41, 5.74) is 3.82. The van der Waals surface area contributed by atoms with E-state index < -0.39 is 5.97 Å². The SMILES string of the molecule is CC(C)Cc1cccc(CCC(CC(C)C)C(Cc2ccccc2)C(=O)O)c1. The molecular weight excluding hydrogens is 344 g/mol. The van der Waals surface area contributed by atoms with Crippen LogP contribution in [0.3, 0.4) is 0 Å². The van der Waals surface area contributed by atoms with Crippen molar-refractivity contribution in [3.05, 3.63) is 71.3 Å². The number of carboxylic acid groups (broad SMARTS) is 1. The minimum atomic E-state index is -0.664. The predicted molar refractivity (Wildman–Crippen MR) is 118 cm³/mol. The largest absolute Gasteiger partial charge is 0.481 e. The lowest BCUT2D eigenvalue weighted by atomic mass is 9.78. The van der Waals surface area contributed by atoms with Gasteiger partial charge in [0.05, 0.1) is 5.92 Å². The molecule has 2 unspecified atom stereocenters. The Hall–Kier alpha value is -2.09. The highest BCUT2D eigenvalue weighted by molar-refractivity contribution is 5.70. The predicted octanol–water partition coefficient (Wildman–Crippen LogP) is 6.42. The number of aryl methyl sites for hydroxylation is 1. The van der Waals surface area contributed by atoms with Gasteiger partial charge in [-0.25, -0.2) is 0 Å². The topological polar surface area (TPSA) is 37.3 Å². The third-order valence-electron chi connectivity index (χ3n) is 5.40. The van der Waals surface area contributed by atoms with E-state index in [9.17, 15) is 9.90 Å². The molecule has 2 aromatic carbocycles. The Labute approximate surface area is 171 Å². The average Bonchev–Trinajstić information content (AvgIpc) is 2.63. The summed E-state index contributed by atoms with van der Waals surface area (Å²) in [5.74, 6) is 0.333. The molecule has 0 amide bonds. The minimum absolute atomic E-state index is 0.187. The van der Waals surface area contributed by atoms with Crippen LogP contribution < -0.4 is 0 Å². The first-order chi connectivity index (χ1) is 13.3. The van der Waals surface area contributed by atoms with Crippen LogP contribution in [0.2, 0.25) is 0 Å². The van der Waals surface area contributed by atoms with Crippen molar-refractivity contribution in [1.82, 2.24) is 0 Å². The highest BCUT2D eigenvalue weighted by Gasteiger charge is 2.28. The summed E-state index contributed by atoms with van der Waals surface area (Å²) in [6.07, 6.45) is 4.53. The van der Waals surface area contributed by atoms with E-state index in [2.05, 4.69) is 52.0 Å². The number of hydrogen-bond acceptors (Lipinski definition) is 1. The Kier molecular flexibility index (Phi) is 8.76. The average molecular weight is 381 g/mol. The standard InChI is InChI=1S/C26H36O2/c1-19(2)15-23-12-8-11-22(17-23)13-14-24(16-20(3)4)25(26(27)28)18-21-9-6-5-7-10-21/h5-12,17,19-20,24-25H,13-16,18H2,1-4H3,(H,27,28). The first kappa shape index (κ1) is 22.2. The normalized spacial score (nSPS) is 13.6. The summed E-state index contributed by atoms with van der Waals surface area (Å²) < 4.78 is 0. The minimum Gasteiger partial charge on any atom is -0.481 e. The van der Waals surface area contributed by atoms with Crippen molar-refractivity contribution in [1.29, 1.82) is 0 Å². The van der Waals surface area contributed by atoms with Gasteiger partial charge in [0.25, 0.3) is 0 Å². The van der Waals surface area contributed by atoms with Crippen LogP contribution in [0.25, 0.3) is 0 Å². The number of carbonyl (C=O) groups is 1. The molecule has 2 nitrogen and oxygen atoms in total. The van der Waals surface area contributed by atoms with Gasteiger partial charge in [0.2, 0.25) is 0 Å².